The number of hydrogen-bond donors (Lipinski definition) is 3. The summed E-state index contributed by atoms with van der Waals surface area (Å²) in [4.78, 5) is 11.8. The summed E-state index contributed by atoms with van der Waals surface area (Å²) < 4.78 is 0. The molecule has 0 atom stereocenters. The second-order valence-electron chi connectivity index (χ2n) is 3.61. The van der Waals surface area contributed by atoms with Gasteiger partial charge in [-0.3, -0.25) is 9.89 Å². The first-order chi connectivity index (χ1) is 8.08. The lowest BCUT2D eigenvalue weighted by atomic mass is 10.3. The molecule has 7 nitrogen and oxygen atoms in total. The maximum atomic E-state index is 11.8. The minimum Gasteiger partial charge on any atom is -0.382 e. The highest BCUT2D eigenvalue weighted by molar-refractivity contribution is 6.03. The summed E-state index contributed by atoms with van der Waals surface area (Å²) >= 11 is 0. The van der Waals surface area contributed by atoms with Crippen molar-refractivity contribution in [3.05, 3.63) is 29.2 Å². The largest absolute Gasteiger partial charge is 0.382 e. The third-order valence-electron chi connectivity index (χ3n) is 2.28. The third-order valence-corrected chi connectivity index (χ3v) is 2.28. The molecule has 0 unspecified atom stereocenters. The summed E-state index contributed by atoms with van der Waals surface area (Å²) in [6, 6.07) is 3.04. The Bertz CT molecular complexity index is 525. The molecule has 2 rings (SSSR count). The number of aromatic amines is 1. The van der Waals surface area contributed by atoms with Crippen LogP contribution in [0.5, 0.6) is 0 Å². The van der Waals surface area contributed by atoms with Crippen LogP contribution in [0, 0.1) is 13.8 Å². The second-order valence-corrected chi connectivity index (χ2v) is 3.61. The van der Waals surface area contributed by atoms with Gasteiger partial charge in [0.25, 0.3) is 5.91 Å². The van der Waals surface area contributed by atoms with Gasteiger partial charge in [0, 0.05) is 0 Å². The predicted octanol–water partition coefficient (Wildman–Crippen LogP) is 0.651. The van der Waals surface area contributed by atoms with Gasteiger partial charge in [-0.25, -0.2) is 0 Å². The fourth-order valence-corrected chi connectivity index (χ4v) is 1.38. The number of nitrogens with one attached hydrogen (secondary N) is 2. The van der Waals surface area contributed by atoms with Crippen LogP contribution in [0.15, 0.2) is 12.1 Å². The summed E-state index contributed by atoms with van der Waals surface area (Å²) in [5.41, 5.74) is 7.77. The fraction of sp³-hybridized carbons (Fsp3) is 0.200. The Hall–Kier alpha value is -2.44. The molecular weight excluding hydrogens is 220 g/mol. The Morgan fingerprint density at radius 3 is 2.65 bits per heavy atom. The van der Waals surface area contributed by atoms with Gasteiger partial charge in [-0.15, -0.1) is 10.2 Å². The van der Waals surface area contributed by atoms with E-state index in [0.717, 1.165) is 11.4 Å². The van der Waals surface area contributed by atoms with Crippen LogP contribution in [0.1, 0.15) is 21.9 Å². The molecule has 0 aromatic carbocycles. The van der Waals surface area contributed by atoms with Gasteiger partial charge in [-0.05, 0) is 26.0 Å². The first-order valence-electron chi connectivity index (χ1n) is 5.00. The van der Waals surface area contributed by atoms with Gasteiger partial charge >= 0.3 is 0 Å². The highest BCUT2D eigenvalue weighted by atomic mass is 16.1. The van der Waals surface area contributed by atoms with Gasteiger partial charge in [0.1, 0.15) is 5.82 Å². The Morgan fingerprint density at radius 2 is 2.12 bits per heavy atom. The van der Waals surface area contributed by atoms with Crippen LogP contribution in [0.25, 0.3) is 0 Å². The molecule has 1 amide bonds. The monoisotopic (exact) mass is 232 g/mol. The molecule has 0 saturated heterocycles. The molecule has 0 aliphatic rings. The normalized spacial score (nSPS) is 10.2. The quantitative estimate of drug-likeness (QED) is 0.704. The maximum Gasteiger partial charge on any atom is 0.276 e. The number of nitrogens with zero attached hydrogens (tertiary/aromatic N) is 3. The third kappa shape index (κ3) is 2.22. The van der Waals surface area contributed by atoms with Crippen LogP contribution < -0.4 is 11.1 Å². The van der Waals surface area contributed by atoms with Crippen LogP contribution in [0.2, 0.25) is 0 Å². The molecule has 4 N–H and O–H groups in total. The van der Waals surface area contributed by atoms with Gasteiger partial charge in [0.2, 0.25) is 0 Å². The average molecular weight is 232 g/mol. The number of H-pyrrole nitrogens is 1. The number of nitrogen functional groups attached to an aromatic ring is 1. The number of anilines is 2. The van der Waals surface area contributed by atoms with Gasteiger partial charge in [0.15, 0.2) is 5.69 Å². The molecule has 0 aliphatic carbocycles. The Morgan fingerprint density at radius 1 is 1.35 bits per heavy atom. The minimum absolute atomic E-state index is 0.208. The number of rotatable bonds is 2. The van der Waals surface area contributed by atoms with Crippen molar-refractivity contribution in [1.29, 1.82) is 0 Å². The molecule has 0 fully saturated rings. The van der Waals surface area contributed by atoms with Crippen molar-refractivity contribution < 1.29 is 4.79 Å². The van der Waals surface area contributed by atoms with Gasteiger partial charge in [-0.2, -0.15) is 5.10 Å². The van der Waals surface area contributed by atoms with Crippen molar-refractivity contribution in [3.8, 4) is 0 Å². The first kappa shape index (κ1) is 11.1. The number of hydrogen-bond acceptors (Lipinski definition) is 5. The lowest BCUT2D eigenvalue weighted by molar-refractivity contribution is 0.102. The average Bonchev–Trinajstić information content (AvgIpc) is 2.61. The van der Waals surface area contributed by atoms with E-state index in [9.17, 15) is 4.79 Å². The van der Waals surface area contributed by atoms with Crippen molar-refractivity contribution in [2.24, 2.45) is 0 Å². The summed E-state index contributed by atoms with van der Waals surface area (Å²) in [6.45, 7) is 3.62. The standard InChI is InChI=1S/C10H12N6O/c1-5-9(6(2)14-13-5)12-10(17)7-3-4-8(11)16-15-7/h3-4H,1-2H3,(H2,11,16)(H,12,17)(H,13,14). The molecule has 2 aromatic rings. The van der Waals surface area contributed by atoms with E-state index in [2.05, 4.69) is 25.7 Å². The van der Waals surface area contributed by atoms with E-state index in [0.29, 0.717) is 5.69 Å². The number of aryl methyl sites for hydroxylation is 2. The number of nitrogens with two attached hydrogens (primary N) is 1. The van der Waals surface area contributed by atoms with Crippen LogP contribution >= 0.6 is 0 Å². The Labute approximate surface area is 97.4 Å². The minimum atomic E-state index is -0.342. The van der Waals surface area contributed by atoms with Crippen molar-refractivity contribution in [1.82, 2.24) is 20.4 Å². The van der Waals surface area contributed by atoms with E-state index in [-0.39, 0.29) is 17.4 Å². The lowest BCUT2D eigenvalue weighted by Crippen LogP contribution is -2.15. The first-order valence-corrected chi connectivity index (χ1v) is 5.00. The van der Waals surface area contributed by atoms with E-state index in [1.165, 1.54) is 12.1 Å². The molecule has 0 spiro atoms. The highest BCUT2D eigenvalue weighted by Crippen LogP contribution is 2.16. The van der Waals surface area contributed by atoms with Crippen molar-refractivity contribution in [2.75, 3.05) is 11.1 Å². The van der Waals surface area contributed by atoms with Crippen molar-refractivity contribution >= 4 is 17.4 Å². The van der Waals surface area contributed by atoms with E-state index in [4.69, 9.17) is 5.73 Å². The summed E-state index contributed by atoms with van der Waals surface area (Å²) in [5, 5.41) is 16.8. The summed E-state index contributed by atoms with van der Waals surface area (Å²) in [5.74, 6) is -0.0673. The molecule has 2 aromatic heterocycles. The molecule has 2 heterocycles. The van der Waals surface area contributed by atoms with Crippen LogP contribution in [0.3, 0.4) is 0 Å². The van der Waals surface area contributed by atoms with Gasteiger partial charge < -0.3 is 11.1 Å². The van der Waals surface area contributed by atoms with E-state index < -0.39 is 0 Å². The predicted molar refractivity (Wildman–Crippen MR) is 62.5 cm³/mol. The molecule has 17 heavy (non-hydrogen) atoms. The Balaban J connectivity index is 2.20. The zero-order valence-corrected chi connectivity index (χ0v) is 9.48. The topological polar surface area (TPSA) is 110 Å². The van der Waals surface area contributed by atoms with Crippen LogP contribution in [-0.4, -0.2) is 26.3 Å². The number of amides is 1. The molecule has 0 aliphatic heterocycles. The van der Waals surface area contributed by atoms with Crippen LogP contribution in [0.4, 0.5) is 11.5 Å². The van der Waals surface area contributed by atoms with E-state index in [1.807, 2.05) is 6.92 Å². The molecule has 88 valence electrons. The summed E-state index contributed by atoms with van der Waals surface area (Å²) in [6.07, 6.45) is 0. The van der Waals surface area contributed by atoms with Crippen molar-refractivity contribution in [2.45, 2.75) is 13.8 Å². The van der Waals surface area contributed by atoms with Crippen molar-refractivity contribution in [3.63, 3.8) is 0 Å². The smallest absolute Gasteiger partial charge is 0.276 e. The molecule has 0 bridgehead atoms. The summed E-state index contributed by atoms with van der Waals surface area (Å²) in [7, 11) is 0. The maximum absolute atomic E-state index is 11.8. The molecular formula is C10H12N6O. The fourth-order valence-electron chi connectivity index (χ4n) is 1.38. The SMILES string of the molecule is Cc1n[nH]c(C)c1NC(=O)c1ccc(N)nn1. The highest BCUT2D eigenvalue weighted by Gasteiger charge is 2.13. The van der Waals surface area contributed by atoms with E-state index >= 15 is 0 Å². The van der Waals surface area contributed by atoms with E-state index in [1.54, 1.807) is 6.92 Å². The molecule has 7 heteroatoms. The Kier molecular flexibility index (Phi) is 2.73. The lowest BCUT2D eigenvalue weighted by Gasteiger charge is -2.03. The second kappa shape index (κ2) is 4.20. The zero-order chi connectivity index (χ0) is 12.4. The number of aromatic nitrogens is 4. The zero-order valence-electron chi connectivity index (χ0n) is 9.48. The van der Waals surface area contributed by atoms with Gasteiger partial charge in [-0.1, -0.05) is 0 Å². The number of carbonyl (C=O) groups is 1. The van der Waals surface area contributed by atoms with Gasteiger partial charge in [0.05, 0.1) is 17.1 Å². The molecule has 0 radical (unpaired) electrons. The molecule has 0 saturated carbocycles. The number of carbonyl (C=O) groups excluding carboxylic acids is 1. The van der Waals surface area contributed by atoms with Crippen LogP contribution in [-0.2, 0) is 0 Å².